The zero-order chi connectivity index (χ0) is 109. The lowest BCUT2D eigenvalue weighted by Gasteiger charge is -2.41. The molecule has 24 fully saturated rings. The van der Waals surface area contributed by atoms with Gasteiger partial charge in [0.1, 0.15) is 0 Å². The number of aliphatic hydroxyl groups is 9. The van der Waals surface area contributed by atoms with Crippen molar-refractivity contribution in [3.63, 3.8) is 0 Å². The Bertz CT molecular complexity index is 3450. The monoisotopic (exact) mass is 2110 g/mol. The summed E-state index contributed by atoms with van der Waals surface area (Å²) in [7, 11) is 0. The molecule has 24 aliphatic rings. The van der Waals surface area contributed by atoms with Crippen molar-refractivity contribution in [2.24, 2.45) is 16.2 Å². The van der Waals surface area contributed by atoms with E-state index < -0.39 is 0 Å². The first-order valence-corrected chi connectivity index (χ1v) is 63.1. The number of nitrogens with one attached hydrogen (secondary N) is 3. The molecule has 12 bridgehead atoms. The van der Waals surface area contributed by atoms with Gasteiger partial charge in [-0.25, -0.2) is 0 Å². The van der Waals surface area contributed by atoms with E-state index in [1.807, 2.05) is 0 Å². The molecule has 3 saturated carbocycles. The van der Waals surface area contributed by atoms with Crippen LogP contribution in [0.2, 0.25) is 0 Å². The van der Waals surface area contributed by atoms with Crippen molar-refractivity contribution in [1.82, 2.24) is 74.7 Å². The summed E-state index contributed by atoms with van der Waals surface area (Å²) in [4.78, 5) is 65.8. The first-order chi connectivity index (χ1) is 70.9. The van der Waals surface area contributed by atoms with E-state index in [1.54, 1.807) is 0 Å². The van der Waals surface area contributed by atoms with E-state index >= 15 is 0 Å². The number of hydrogen-bond donors (Lipinski definition) is 12. The van der Waals surface area contributed by atoms with E-state index in [9.17, 15) is 60.3 Å². The normalized spacial score (nSPS) is 38.2. The van der Waals surface area contributed by atoms with Crippen molar-refractivity contribution < 1.29 is 60.3 Å². The summed E-state index contributed by atoms with van der Waals surface area (Å²) < 4.78 is 0. The van der Waals surface area contributed by atoms with Crippen molar-refractivity contribution in [2.75, 3.05) is 78.5 Å². The van der Waals surface area contributed by atoms with Crippen LogP contribution in [0.25, 0.3) is 0 Å². The fraction of sp³-hybridized carbons (Fsp3) is 0.976. The maximum Gasteiger partial charge on any atom is 0.227 e. The second-order valence-electron chi connectivity index (χ2n) is 56.2. The third kappa shape index (κ3) is 31.7. The molecule has 150 heavy (non-hydrogen) atoms. The molecule has 21 aliphatic heterocycles. The minimum atomic E-state index is -0.0707. The lowest BCUT2D eigenvalue weighted by atomic mass is 9.78. The predicted octanol–water partition coefficient (Wildman–Crippen LogP) is 15.4. The maximum absolute atomic E-state index is 11.8. The molecule has 27 nitrogen and oxygen atoms in total. The smallest absolute Gasteiger partial charge is 0.227 e. The van der Waals surface area contributed by atoms with Crippen LogP contribution in [-0.4, -0.2) is 418 Å². The number of piperidine rings is 12. The van der Waals surface area contributed by atoms with Gasteiger partial charge in [-0.1, -0.05) is 0 Å². The van der Waals surface area contributed by atoms with Gasteiger partial charge in [0.2, 0.25) is 17.7 Å². The fourth-order valence-electron chi connectivity index (χ4n) is 33.9. The number of amides is 3. The average Bonchev–Trinajstić information content (AvgIpc) is 1.60. The highest BCUT2D eigenvalue weighted by Gasteiger charge is 2.57. The number of nitrogens with zero attached hydrogens (tertiary/aromatic N) is 12. The summed E-state index contributed by atoms with van der Waals surface area (Å²) in [6, 6.07) is 15.6. The van der Waals surface area contributed by atoms with Gasteiger partial charge in [-0.3, -0.25) is 73.2 Å². The Hall–Kier alpha value is -2.43. The SMILES string of the molecule is CC(C)N1C2CCC1CC(O)C2.CC(C)N1C2CCC1CC(O)C2.CC(C)N1CC(O)CCC12CC2.CC(C)N1CCCC2(CCNC2=O)C1.CC(C)N1CCC[C@@]2(CCNC2=O)C1.CC(C)N1CCC[C@]2(CCNC2=O)C1.CC(C)N1C[C@@H](O)CCC12CC2.CC(C)N1C[C@H](O)CCC12CC2.CC(C)N1[C@@H]2CC[C@H]1CC(O)C2.CC(C)N1[C@@H]2CC[C@H]1CC(O)C2.CC(C)N1[C@@H]2CC[C@H]1CC(O)C2.CC(C)N1[C@@H]2CC[C@H]1CC(O)C2. The van der Waals surface area contributed by atoms with Gasteiger partial charge in [-0.15, -0.1) is 0 Å². The Morgan fingerprint density at radius 3 is 0.500 bits per heavy atom. The molecule has 0 aromatic rings. The Balaban J connectivity index is 0.000000136. The van der Waals surface area contributed by atoms with E-state index in [0.29, 0.717) is 179 Å². The number of likely N-dealkylation sites (tertiary alicyclic amines) is 6. The van der Waals surface area contributed by atoms with Gasteiger partial charge in [0.25, 0.3) is 0 Å². The molecule has 3 amide bonds. The third-order valence-electron chi connectivity index (χ3n) is 41.5. The highest BCUT2D eigenvalue weighted by Crippen LogP contribution is 2.53. The average molecular weight is 2110 g/mol. The quantitative estimate of drug-likeness (QED) is 0.0864. The molecule has 21 heterocycles. The van der Waals surface area contributed by atoms with Crippen LogP contribution >= 0.6 is 0 Å². The van der Waals surface area contributed by atoms with Crippen LogP contribution in [-0.2, 0) is 14.4 Å². The number of aliphatic hydroxyl groups excluding tert-OH is 9. The Kier molecular flexibility index (Phi) is 45.7. The summed E-state index contributed by atoms with van der Waals surface area (Å²) in [5.74, 6) is 0.883. The van der Waals surface area contributed by atoms with Crippen molar-refractivity contribution >= 4 is 17.7 Å². The van der Waals surface area contributed by atoms with Gasteiger partial charge in [0.15, 0.2) is 0 Å². The first-order valence-electron chi connectivity index (χ1n) is 63.1. The number of carbonyl (C=O) groups is 3. The van der Waals surface area contributed by atoms with Crippen LogP contribution in [0.3, 0.4) is 0 Å². The lowest BCUT2D eigenvalue weighted by Crippen LogP contribution is -2.50. The van der Waals surface area contributed by atoms with Gasteiger partial charge in [0.05, 0.1) is 71.2 Å². The maximum atomic E-state index is 11.8. The Morgan fingerprint density at radius 2 is 0.373 bits per heavy atom. The standard InChI is InChI=1S/3C11H20N2O.9C10H19NO/c3*1-9(2)13-7-3-4-11(8-13)5-6-12-10(11)14;6*1-7(2)11-8-3-4-9(11)6-10(12)5-8;3*1-8(2)11-7-9(12)3-4-10(11)5-6-10/h3*9H,3-8H2,1-2H3,(H,12,14);6*7-10,12H,3-6H2,1-2H3;3*8-9,12H,3-7H2,1-2H3/t2*11-;;4*8-,9+,10?;;;2*9-;/m10.......10./s1. The van der Waals surface area contributed by atoms with Gasteiger partial charge in [0, 0.05) is 221 Å². The minimum Gasteiger partial charge on any atom is -0.393 e. The molecule has 0 radical (unpaired) electrons. The predicted molar refractivity (Wildman–Crippen MR) is 609 cm³/mol. The van der Waals surface area contributed by atoms with E-state index in [1.165, 1.54) is 154 Å². The second kappa shape index (κ2) is 55.0. The van der Waals surface area contributed by atoms with E-state index in [-0.39, 0.29) is 71.2 Å². The molecule has 21 saturated heterocycles. The van der Waals surface area contributed by atoms with Crippen molar-refractivity contribution in [1.29, 1.82) is 0 Å². The van der Waals surface area contributed by atoms with Crippen LogP contribution in [0, 0.1) is 16.2 Å². The first kappa shape index (κ1) is 125. The topological polar surface area (TPSA) is 308 Å². The zero-order valence-electron chi connectivity index (χ0n) is 100.0. The summed E-state index contributed by atoms with van der Waals surface area (Å²) in [5, 5.41) is 94.9. The van der Waals surface area contributed by atoms with Crippen LogP contribution in [0.1, 0.15) is 455 Å². The van der Waals surface area contributed by atoms with Crippen molar-refractivity contribution in [3.05, 3.63) is 0 Å². The number of rotatable bonds is 12. The van der Waals surface area contributed by atoms with Crippen LogP contribution in [0.5, 0.6) is 0 Å². The third-order valence-corrected chi connectivity index (χ3v) is 41.5. The Labute approximate surface area is 914 Å². The van der Waals surface area contributed by atoms with Gasteiger partial charge >= 0.3 is 0 Å². The number of fused-ring (bicyclic) bond motifs is 12. The van der Waals surface area contributed by atoms with E-state index in [2.05, 4.69) is 241 Å². The summed E-state index contributed by atoms with van der Waals surface area (Å²) in [6.45, 7) is 65.6. The van der Waals surface area contributed by atoms with Crippen LogP contribution in [0.4, 0.5) is 0 Å². The molecular formula is C123H231N15O12. The van der Waals surface area contributed by atoms with E-state index in [0.717, 1.165) is 213 Å². The number of β-amino-alcohol motifs (C(OH)–C–C–N with tert-alkyl or cyclic N) is 3. The molecule has 0 aromatic heterocycles. The summed E-state index contributed by atoms with van der Waals surface area (Å²) in [5.41, 5.74) is 1.45. The lowest BCUT2D eigenvalue weighted by molar-refractivity contribution is -0.131. The molecular weight excluding hydrogens is 1880 g/mol. The fourth-order valence-corrected chi connectivity index (χ4v) is 33.9. The van der Waals surface area contributed by atoms with Crippen LogP contribution < -0.4 is 16.0 Å². The molecule has 12 N–H and O–H groups in total. The highest BCUT2D eigenvalue weighted by atomic mass is 16.3. The second-order valence-corrected chi connectivity index (χ2v) is 56.2. The largest absolute Gasteiger partial charge is 0.393 e. The van der Waals surface area contributed by atoms with Crippen molar-refractivity contribution in [3.8, 4) is 0 Å². The minimum absolute atomic E-state index is 0.0162. The molecule has 22 atom stereocenters. The summed E-state index contributed by atoms with van der Waals surface area (Å²) >= 11 is 0. The molecule has 27 heteroatoms. The molecule has 870 valence electrons. The zero-order valence-corrected chi connectivity index (χ0v) is 100.0. The van der Waals surface area contributed by atoms with Gasteiger partial charge in [-0.05, 0) is 475 Å². The molecule has 10 unspecified atom stereocenters. The molecule has 0 aromatic carbocycles. The molecule has 3 aliphatic carbocycles. The van der Waals surface area contributed by atoms with E-state index in [4.69, 9.17) is 0 Å². The number of hydrogen-bond acceptors (Lipinski definition) is 24. The van der Waals surface area contributed by atoms with Gasteiger partial charge in [-0.2, -0.15) is 0 Å². The van der Waals surface area contributed by atoms with Gasteiger partial charge < -0.3 is 61.9 Å². The molecule has 24 rings (SSSR count). The number of carbonyl (C=O) groups excluding carboxylic acids is 3. The van der Waals surface area contributed by atoms with Crippen molar-refractivity contribution in [2.45, 2.75) is 672 Å². The highest BCUT2D eigenvalue weighted by molar-refractivity contribution is 5.86. The van der Waals surface area contributed by atoms with Crippen LogP contribution in [0.15, 0.2) is 0 Å². The molecule has 6 spiro atoms. The Morgan fingerprint density at radius 1 is 0.207 bits per heavy atom. The summed E-state index contributed by atoms with van der Waals surface area (Å²) in [6.07, 6.45) is 52.2.